The molecule has 0 radical (unpaired) electrons. The van der Waals surface area contributed by atoms with E-state index in [1.807, 2.05) is 21.8 Å². The second-order valence-corrected chi connectivity index (χ2v) is 6.28. The third kappa shape index (κ3) is 2.67. The molecular weight excluding hydrogens is 264 g/mol. The minimum Gasteiger partial charge on any atom is -0.336 e. The predicted molar refractivity (Wildman–Crippen MR) is 78.1 cm³/mol. The summed E-state index contributed by atoms with van der Waals surface area (Å²) in [5.74, 6) is 0.0688. The van der Waals surface area contributed by atoms with Crippen LogP contribution in [0.15, 0.2) is 18.5 Å². The Bertz CT molecular complexity index is 525. The Kier molecular flexibility index (Phi) is 3.96. The van der Waals surface area contributed by atoms with Crippen molar-refractivity contribution in [3.05, 3.63) is 18.5 Å². The van der Waals surface area contributed by atoms with E-state index in [1.165, 1.54) is 0 Å². The Morgan fingerprint density at radius 3 is 2.81 bits per heavy atom. The lowest BCUT2D eigenvalue weighted by atomic mass is 9.74. The molecule has 0 N–H and O–H groups in total. The van der Waals surface area contributed by atoms with Gasteiger partial charge in [0.05, 0.1) is 18.7 Å². The zero-order valence-corrected chi connectivity index (χ0v) is 12.4. The van der Waals surface area contributed by atoms with Gasteiger partial charge in [-0.25, -0.2) is 0 Å². The average Bonchev–Trinajstić information content (AvgIpc) is 3.19. The number of nitriles is 1. The van der Waals surface area contributed by atoms with Crippen LogP contribution in [-0.2, 0) is 11.3 Å². The van der Waals surface area contributed by atoms with Crippen LogP contribution < -0.4 is 0 Å². The summed E-state index contributed by atoms with van der Waals surface area (Å²) < 4.78 is 1.89. The molecular formula is C16H22N4O. The molecule has 0 spiro atoms. The maximum atomic E-state index is 13.0. The molecule has 0 aromatic carbocycles. The van der Waals surface area contributed by atoms with Gasteiger partial charge in [0.25, 0.3) is 0 Å². The lowest BCUT2D eigenvalue weighted by Crippen LogP contribution is -2.47. The summed E-state index contributed by atoms with van der Waals surface area (Å²) in [4.78, 5) is 14.9. The van der Waals surface area contributed by atoms with Gasteiger partial charge in [0.2, 0.25) is 5.91 Å². The van der Waals surface area contributed by atoms with E-state index in [0.29, 0.717) is 0 Å². The smallest absolute Gasteiger partial charge is 0.243 e. The predicted octanol–water partition coefficient (Wildman–Crippen LogP) is 2.35. The van der Waals surface area contributed by atoms with Crippen LogP contribution in [0, 0.1) is 16.7 Å². The van der Waals surface area contributed by atoms with Crippen molar-refractivity contribution in [2.24, 2.45) is 5.41 Å². The maximum absolute atomic E-state index is 13.0. The van der Waals surface area contributed by atoms with Crippen LogP contribution in [0.25, 0.3) is 0 Å². The molecule has 2 aliphatic rings. The summed E-state index contributed by atoms with van der Waals surface area (Å²) in [5, 5.41) is 13.8. The van der Waals surface area contributed by atoms with Gasteiger partial charge in [0.1, 0.15) is 5.41 Å². The third-order valence-electron chi connectivity index (χ3n) is 4.93. The molecule has 1 aliphatic heterocycles. The fraction of sp³-hybridized carbons (Fsp3) is 0.688. The molecule has 1 aromatic heterocycles. The van der Waals surface area contributed by atoms with Crippen LogP contribution in [0.5, 0.6) is 0 Å². The fourth-order valence-corrected chi connectivity index (χ4v) is 3.72. The van der Waals surface area contributed by atoms with Gasteiger partial charge in [-0.1, -0.05) is 19.3 Å². The second-order valence-electron chi connectivity index (χ2n) is 6.28. The minimum absolute atomic E-state index is 0.0688. The molecule has 1 aromatic rings. The number of hydrogen-bond donors (Lipinski definition) is 0. The molecule has 1 amide bonds. The lowest BCUT2D eigenvalue weighted by Gasteiger charge is -2.35. The van der Waals surface area contributed by atoms with Crippen molar-refractivity contribution < 1.29 is 4.79 Å². The first-order chi connectivity index (χ1) is 10.2. The van der Waals surface area contributed by atoms with Gasteiger partial charge in [0.15, 0.2) is 0 Å². The molecule has 2 heterocycles. The molecule has 1 saturated carbocycles. The number of carbonyl (C=O) groups excluding carboxylic acids is 1. The van der Waals surface area contributed by atoms with Gasteiger partial charge in [-0.05, 0) is 31.7 Å². The van der Waals surface area contributed by atoms with Gasteiger partial charge >= 0.3 is 0 Å². The number of amides is 1. The first-order valence-corrected chi connectivity index (χ1v) is 7.95. The number of nitrogens with zero attached hydrogens (tertiary/aromatic N) is 4. The third-order valence-corrected chi connectivity index (χ3v) is 4.93. The summed E-state index contributed by atoms with van der Waals surface area (Å²) in [6.07, 6.45) is 10.3. The zero-order chi connectivity index (χ0) is 14.7. The van der Waals surface area contributed by atoms with Crippen molar-refractivity contribution in [2.75, 3.05) is 6.54 Å². The molecule has 5 nitrogen and oxygen atoms in total. The highest BCUT2D eigenvalue weighted by molar-refractivity contribution is 5.86. The quantitative estimate of drug-likeness (QED) is 0.857. The SMILES string of the molecule is N#CC1(C(=O)N2CCCC2Cn2cccn2)CCCCC1. The van der Waals surface area contributed by atoms with Crippen LogP contribution in [0.2, 0.25) is 0 Å². The normalized spacial score (nSPS) is 24.7. The molecule has 112 valence electrons. The van der Waals surface area contributed by atoms with Crippen LogP contribution in [0.4, 0.5) is 0 Å². The van der Waals surface area contributed by atoms with E-state index in [1.54, 1.807) is 6.20 Å². The van der Waals surface area contributed by atoms with E-state index in [0.717, 1.165) is 58.0 Å². The molecule has 1 saturated heterocycles. The van der Waals surface area contributed by atoms with Crippen molar-refractivity contribution in [2.45, 2.75) is 57.5 Å². The highest BCUT2D eigenvalue weighted by Crippen LogP contribution is 2.39. The first kappa shape index (κ1) is 14.1. The Hall–Kier alpha value is -1.83. The number of carbonyl (C=O) groups is 1. The highest BCUT2D eigenvalue weighted by atomic mass is 16.2. The van der Waals surface area contributed by atoms with Crippen molar-refractivity contribution in [1.29, 1.82) is 5.26 Å². The number of likely N-dealkylation sites (tertiary alicyclic amines) is 1. The van der Waals surface area contributed by atoms with Gasteiger partial charge in [0, 0.05) is 18.9 Å². The van der Waals surface area contributed by atoms with Gasteiger partial charge < -0.3 is 4.90 Å². The van der Waals surface area contributed by atoms with Crippen LogP contribution in [0.3, 0.4) is 0 Å². The standard InChI is InChI=1S/C16H22N4O/c17-13-16(7-2-1-3-8-16)15(21)20-11-4-6-14(20)12-19-10-5-9-18-19/h5,9-10,14H,1-4,6-8,11-12H2. The summed E-state index contributed by atoms with van der Waals surface area (Å²) in [6, 6.07) is 4.45. The van der Waals surface area contributed by atoms with Crippen molar-refractivity contribution in [1.82, 2.24) is 14.7 Å². The van der Waals surface area contributed by atoms with Crippen LogP contribution in [0.1, 0.15) is 44.9 Å². The highest BCUT2D eigenvalue weighted by Gasteiger charge is 2.45. The molecule has 2 fully saturated rings. The van der Waals surface area contributed by atoms with E-state index < -0.39 is 5.41 Å². The number of hydrogen-bond acceptors (Lipinski definition) is 3. The molecule has 5 heteroatoms. The van der Waals surface area contributed by atoms with Crippen molar-refractivity contribution in [3.63, 3.8) is 0 Å². The topological polar surface area (TPSA) is 61.9 Å². The fourth-order valence-electron chi connectivity index (χ4n) is 3.72. The average molecular weight is 286 g/mol. The Morgan fingerprint density at radius 1 is 1.33 bits per heavy atom. The van der Waals surface area contributed by atoms with Crippen molar-refractivity contribution >= 4 is 5.91 Å². The minimum atomic E-state index is -0.759. The summed E-state index contributed by atoms with van der Waals surface area (Å²) in [6.45, 7) is 1.52. The largest absolute Gasteiger partial charge is 0.336 e. The molecule has 1 unspecified atom stereocenters. The lowest BCUT2D eigenvalue weighted by molar-refractivity contribution is -0.141. The van der Waals surface area contributed by atoms with Gasteiger partial charge in [-0.15, -0.1) is 0 Å². The van der Waals surface area contributed by atoms with E-state index in [9.17, 15) is 10.1 Å². The first-order valence-electron chi connectivity index (χ1n) is 7.95. The Balaban J connectivity index is 1.74. The molecule has 21 heavy (non-hydrogen) atoms. The molecule has 3 rings (SSSR count). The van der Waals surface area contributed by atoms with Crippen LogP contribution >= 0.6 is 0 Å². The maximum Gasteiger partial charge on any atom is 0.243 e. The van der Waals surface area contributed by atoms with E-state index in [-0.39, 0.29) is 11.9 Å². The Morgan fingerprint density at radius 2 is 2.14 bits per heavy atom. The van der Waals surface area contributed by atoms with Gasteiger partial charge in [-0.2, -0.15) is 10.4 Å². The van der Waals surface area contributed by atoms with Crippen molar-refractivity contribution in [3.8, 4) is 6.07 Å². The number of aromatic nitrogens is 2. The van der Waals surface area contributed by atoms with E-state index in [4.69, 9.17) is 0 Å². The summed E-state index contributed by atoms with van der Waals surface area (Å²) in [7, 11) is 0. The van der Waals surface area contributed by atoms with Gasteiger partial charge in [-0.3, -0.25) is 9.48 Å². The second kappa shape index (κ2) is 5.88. The number of rotatable bonds is 3. The Labute approximate surface area is 125 Å². The summed E-state index contributed by atoms with van der Waals surface area (Å²) >= 11 is 0. The van der Waals surface area contributed by atoms with E-state index >= 15 is 0 Å². The van der Waals surface area contributed by atoms with Crippen LogP contribution in [-0.4, -0.2) is 33.2 Å². The van der Waals surface area contributed by atoms with E-state index in [2.05, 4.69) is 11.2 Å². The molecule has 1 atom stereocenters. The molecule has 0 bridgehead atoms. The zero-order valence-electron chi connectivity index (χ0n) is 12.4. The molecule has 1 aliphatic carbocycles. The monoisotopic (exact) mass is 286 g/mol. The summed E-state index contributed by atoms with van der Waals surface area (Å²) in [5.41, 5.74) is -0.759.